The standard InChI is InChI=1S/C8H10BrN3.C8H11N3.C4H4BrNO2/c1-4-6(9)7(5-2-3-5)12-8(10)11-4;1-5-4-7(6-2-3-6)11-8(9)10-5;5-6-3(7)1-2-4(6)8/h5H,2-3H2,1H3,(H2,10,11,12);4,6H,2-3H2,1H3,(H2,9,10,11);1-2H2. The Hall–Kier alpha value is -2.14. The molecule has 2 aromatic heterocycles. The minimum Gasteiger partial charge on any atom is -0.368 e. The fraction of sp³-hybridized carbons (Fsp3) is 0.500. The van der Waals surface area contributed by atoms with Gasteiger partial charge in [0.25, 0.3) is 0 Å². The van der Waals surface area contributed by atoms with Crippen LogP contribution in [0.25, 0.3) is 0 Å². The van der Waals surface area contributed by atoms with Crippen molar-refractivity contribution in [1.82, 2.24) is 23.9 Å². The van der Waals surface area contributed by atoms with E-state index in [1.54, 1.807) is 0 Å². The minimum absolute atomic E-state index is 0.144. The second-order valence-corrected chi connectivity index (χ2v) is 9.28. The predicted molar refractivity (Wildman–Crippen MR) is 124 cm³/mol. The quantitative estimate of drug-likeness (QED) is 0.423. The molecule has 2 aromatic rings. The Labute approximate surface area is 197 Å². The van der Waals surface area contributed by atoms with Gasteiger partial charge in [-0.05, 0) is 61.5 Å². The van der Waals surface area contributed by atoms with E-state index in [1.807, 2.05) is 19.9 Å². The molecule has 0 radical (unpaired) electrons. The molecule has 166 valence electrons. The van der Waals surface area contributed by atoms with Crippen molar-refractivity contribution >= 4 is 55.8 Å². The maximum absolute atomic E-state index is 10.4. The van der Waals surface area contributed by atoms with E-state index >= 15 is 0 Å². The molecule has 3 heterocycles. The molecule has 0 unspecified atom stereocenters. The fourth-order valence-electron chi connectivity index (χ4n) is 2.99. The van der Waals surface area contributed by atoms with E-state index in [2.05, 4.69) is 52.0 Å². The van der Waals surface area contributed by atoms with Crippen LogP contribution in [0.1, 0.15) is 73.1 Å². The van der Waals surface area contributed by atoms with E-state index in [0.29, 0.717) is 36.6 Å². The monoisotopic (exact) mass is 553 g/mol. The van der Waals surface area contributed by atoms with Crippen molar-refractivity contribution in [2.75, 3.05) is 11.5 Å². The molecule has 0 aromatic carbocycles. The third-order valence-corrected chi connectivity index (χ3v) is 6.67. The van der Waals surface area contributed by atoms with E-state index in [1.165, 1.54) is 25.7 Å². The van der Waals surface area contributed by atoms with E-state index < -0.39 is 0 Å². The molecule has 2 amide bonds. The van der Waals surface area contributed by atoms with Crippen LogP contribution in [0.4, 0.5) is 11.9 Å². The largest absolute Gasteiger partial charge is 0.368 e. The minimum atomic E-state index is -0.144. The number of carbonyl (C=O) groups excluding carboxylic acids is 2. The Morgan fingerprint density at radius 3 is 1.90 bits per heavy atom. The molecule has 2 saturated carbocycles. The molecular formula is C20H25Br2N7O2. The zero-order valence-corrected chi connectivity index (χ0v) is 20.6. The van der Waals surface area contributed by atoms with Crippen molar-refractivity contribution in [3.63, 3.8) is 0 Å². The highest BCUT2D eigenvalue weighted by Gasteiger charge is 2.28. The van der Waals surface area contributed by atoms with Crippen molar-refractivity contribution in [2.45, 2.75) is 64.2 Å². The number of hydrogen-bond donors (Lipinski definition) is 2. The predicted octanol–water partition coefficient (Wildman–Crippen LogP) is 3.70. The van der Waals surface area contributed by atoms with Crippen LogP contribution in [0.5, 0.6) is 0 Å². The number of hydrogen-bond acceptors (Lipinski definition) is 8. The van der Waals surface area contributed by atoms with Crippen LogP contribution in [-0.4, -0.2) is 35.7 Å². The zero-order chi connectivity index (χ0) is 22.7. The number of imide groups is 1. The first-order chi connectivity index (χ1) is 14.7. The summed E-state index contributed by atoms with van der Waals surface area (Å²) in [7, 11) is 0. The Kier molecular flexibility index (Phi) is 7.58. The summed E-state index contributed by atoms with van der Waals surface area (Å²) in [5, 5.41) is 0. The topological polar surface area (TPSA) is 141 Å². The van der Waals surface area contributed by atoms with Crippen LogP contribution >= 0.6 is 32.1 Å². The summed E-state index contributed by atoms with van der Waals surface area (Å²) in [6, 6.07) is 2.02. The lowest BCUT2D eigenvalue weighted by atomic mass is 10.2. The van der Waals surface area contributed by atoms with Gasteiger partial charge >= 0.3 is 0 Å². The Morgan fingerprint density at radius 2 is 1.45 bits per heavy atom. The van der Waals surface area contributed by atoms with Gasteiger partial charge in [-0.1, -0.05) is 0 Å². The van der Waals surface area contributed by atoms with E-state index in [9.17, 15) is 9.59 Å². The molecule has 11 heteroatoms. The van der Waals surface area contributed by atoms with Gasteiger partial charge in [-0.25, -0.2) is 23.9 Å². The van der Waals surface area contributed by atoms with Gasteiger partial charge in [0.1, 0.15) is 0 Å². The summed E-state index contributed by atoms with van der Waals surface area (Å²) in [5.41, 5.74) is 15.2. The van der Waals surface area contributed by atoms with Crippen molar-refractivity contribution in [3.05, 3.63) is 33.3 Å². The maximum Gasteiger partial charge on any atom is 0.239 e. The lowest BCUT2D eigenvalue weighted by Crippen LogP contribution is -2.16. The zero-order valence-electron chi connectivity index (χ0n) is 17.4. The van der Waals surface area contributed by atoms with Crippen molar-refractivity contribution in [2.24, 2.45) is 0 Å². The molecule has 0 atom stereocenters. The van der Waals surface area contributed by atoms with Gasteiger partial charge in [0.2, 0.25) is 23.7 Å². The summed E-state index contributed by atoms with van der Waals surface area (Å²) in [6.45, 7) is 3.89. The number of nitrogen functional groups attached to an aromatic ring is 2. The van der Waals surface area contributed by atoms with Gasteiger partial charge in [-0.3, -0.25) is 9.59 Å². The number of aromatic nitrogens is 4. The van der Waals surface area contributed by atoms with Crippen LogP contribution in [0.2, 0.25) is 0 Å². The molecule has 3 aliphatic rings. The van der Waals surface area contributed by atoms with Gasteiger partial charge in [-0.2, -0.15) is 0 Å². The molecular weight excluding hydrogens is 530 g/mol. The van der Waals surface area contributed by atoms with Gasteiger partial charge in [0.05, 0.1) is 32.0 Å². The SMILES string of the molecule is Cc1cc(C2CC2)nc(N)n1.Cc1nc(N)nc(C2CC2)c1Br.O=C1CCC(=O)N1Br. The molecule has 9 nitrogen and oxygen atoms in total. The van der Waals surface area contributed by atoms with Gasteiger partial charge < -0.3 is 11.5 Å². The summed E-state index contributed by atoms with van der Waals surface area (Å²) >= 11 is 6.28. The first-order valence-electron chi connectivity index (χ1n) is 10.1. The summed E-state index contributed by atoms with van der Waals surface area (Å²) in [4.78, 5) is 37.3. The van der Waals surface area contributed by atoms with E-state index in [0.717, 1.165) is 31.2 Å². The second-order valence-electron chi connectivity index (χ2n) is 7.78. The number of nitrogens with two attached hydrogens (primary N) is 2. The third kappa shape index (κ3) is 6.67. The summed E-state index contributed by atoms with van der Waals surface area (Å²) in [6.07, 6.45) is 5.68. The highest BCUT2D eigenvalue weighted by atomic mass is 79.9. The summed E-state index contributed by atoms with van der Waals surface area (Å²) < 4.78 is 2.01. The number of nitrogens with zero attached hydrogens (tertiary/aromatic N) is 5. The molecule has 1 saturated heterocycles. The van der Waals surface area contributed by atoms with Gasteiger partial charge in [-0.15, -0.1) is 0 Å². The van der Waals surface area contributed by atoms with Gasteiger partial charge in [0, 0.05) is 36.1 Å². The number of halogens is 2. The highest BCUT2D eigenvalue weighted by Crippen LogP contribution is 2.42. The molecule has 5 rings (SSSR count). The Morgan fingerprint density at radius 1 is 0.903 bits per heavy atom. The first kappa shape index (κ1) is 23.5. The number of carbonyl (C=O) groups is 2. The molecule has 0 spiro atoms. The number of amides is 2. The lowest BCUT2D eigenvalue weighted by Gasteiger charge is -2.04. The second kappa shape index (κ2) is 9.99. The maximum atomic E-state index is 10.4. The Balaban J connectivity index is 0.000000135. The fourth-order valence-corrected chi connectivity index (χ4v) is 3.84. The molecule has 3 fully saturated rings. The van der Waals surface area contributed by atoms with Crippen molar-refractivity contribution in [1.29, 1.82) is 0 Å². The average molecular weight is 555 g/mol. The van der Waals surface area contributed by atoms with Gasteiger partial charge in [0.15, 0.2) is 0 Å². The third-order valence-electron chi connectivity index (χ3n) is 4.90. The summed E-state index contributed by atoms with van der Waals surface area (Å²) in [5.74, 6) is 1.79. The molecule has 2 aliphatic carbocycles. The number of rotatable bonds is 2. The Bertz CT molecular complexity index is 957. The molecule has 1 aliphatic heterocycles. The normalized spacial score (nSPS) is 17.6. The molecule has 4 N–H and O–H groups in total. The average Bonchev–Trinajstić information content (AvgIpc) is 3.61. The molecule has 0 bridgehead atoms. The van der Waals surface area contributed by atoms with Crippen LogP contribution in [0, 0.1) is 13.8 Å². The van der Waals surface area contributed by atoms with Crippen LogP contribution in [-0.2, 0) is 9.59 Å². The van der Waals surface area contributed by atoms with Crippen molar-refractivity contribution < 1.29 is 9.59 Å². The van der Waals surface area contributed by atoms with Crippen LogP contribution < -0.4 is 11.5 Å². The highest BCUT2D eigenvalue weighted by molar-refractivity contribution is 9.10. The van der Waals surface area contributed by atoms with E-state index in [4.69, 9.17) is 11.5 Å². The first-order valence-corrected chi connectivity index (χ1v) is 11.6. The van der Waals surface area contributed by atoms with Crippen LogP contribution in [0.15, 0.2) is 10.5 Å². The number of aryl methyl sites for hydroxylation is 2. The number of anilines is 2. The smallest absolute Gasteiger partial charge is 0.239 e. The lowest BCUT2D eigenvalue weighted by molar-refractivity contribution is -0.131. The van der Waals surface area contributed by atoms with Crippen molar-refractivity contribution in [3.8, 4) is 0 Å². The van der Waals surface area contributed by atoms with E-state index in [-0.39, 0.29) is 11.8 Å². The molecule has 31 heavy (non-hydrogen) atoms. The van der Waals surface area contributed by atoms with Crippen LogP contribution in [0.3, 0.4) is 0 Å².